The van der Waals surface area contributed by atoms with Gasteiger partial charge in [-0.3, -0.25) is 14.4 Å². The molecule has 0 spiro atoms. The molecule has 1 aromatic rings. The quantitative estimate of drug-likeness (QED) is 0.728. The summed E-state index contributed by atoms with van der Waals surface area (Å²) in [5.74, 6) is -2.60. The molecular weight excluding hydrogens is 296 g/mol. The maximum Gasteiger partial charge on any atom is 0.307 e. The van der Waals surface area contributed by atoms with Gasteiger partial charge in [-0.1, -0.05) is 19.1 Å². The SMILES string of the molecule is CCC(=O)Nc1ccc(NC(=O)C2CC=CCC2C(=O)O)cc1. The van der Waals surface area contributed by atoms with Crippen LogP contribution in [0, 0.1) is 11.8 Å². The highest BCUT2D eigenvalue weighted by Crippen LogP contribution is 2.27. The summed E-state index contributed by atoms with van der Waals surface area (Å²) < 4.78 is 0. The highest BCUT2D eigenvalue weighted by atomic mass is 16.4. The Labute approximate surface area is 134 Å². The lowest BCUT2D eigenvalue weighted by atomic mass is 9.82. The first-order chi connectivity index (χ1) is 11.0. The lowest BCUT2D eigenvalue weighted by Crippen LogP contribution is -2.34. The molecule has 6 heteroatoms. The first-order valence-corrected chi connectivity index (χ1v) is 7.60. The highest BCUT2D eigenvalue weighted by molar-refractivity contribution is 5.96. The molecule has 2 rings (SSSR count). The summed E-state index contributed by atoms with van der Waals surface area (Å²) in [5, 5.41) is 14.7. The van der Waals surface area contributed by atoms with Gasteiger partial charge in [0.25, 0.3) is 0 Å². The van der Waals surface area contributed by atoms with Crippen molar-refractivity contribution < 1.29 is 19.5 Å². The lowest BCUT2D eigenvalue weighted by Gasteiger charge is -2.24. The molecule has 3 N–H and O–H groups in total. The van der Waals surface area contributed by atoms with Crippen LogP contribution < -0.4 is 10.6 Å². The van der Waals surface area contributed by atoms with Gasteiger partial charge < -0.3 is 15.7 Å². The number of benzene rings is 1. The number of carboxylic acid groups (broad SMARTS) is 1. The van der Waals surface area contributed by atoms with Crippen molar-refractivity contribution in [2.45, 2.75) is 26.2 Å². The van der Waals surface area contributed by atoms with Crippen molar-refractivity contribution in [3.8, 4) is 0 Å². The fourth-order valence-corrected chi connectivity index (χ4v) is 2.50. The Hall–Kier alpha value is -2.63. The van der Waals surface area contributed by atoms with E-state index >= 15 is 0 Å². The summed E-state index contributed by atoms with van der Waals surface area (Å²) in [6.07, 6.45) is 4.83. The molecule has 0 bridgehead atoms. The molecule has 0 aromatic heterocycles. The van der Waals surface area contributed by atoms with E-state index in [1.165, 1.54) is 0 Å². The molecule has 23 heavy (non-hydrogen) atoms. The van der Waals surface area contributed by atoms with E-state index in [1.54, 1.807) is 37.3 Å². The molecule has 2 unspecified atom stereocenters. The van der Waals surface area contributed by atoms with Gasteiger partial charge in [0, 0.05) is 17.8 Å². The fourth-order valence-electron chi connectivity index (χ4n) is 2.50. The second-order valence-electron chi connectivity index (χ2n) is 5.46. The van der Waals surface area contributed by atoms with Gasteiger partial charge in [-0.15, -0.1) is 0 Å². The molecule has 1 aliphatic carbocycles. The maximum absolute atomic E-state index is 12.3. The predicted molar refractivity (Wildman–Crippen MR) is 87.0 cm³/mol. The van der Waals surface area contributed by atoms with E-state index < -0.39 is 17.8 Å². The number of carbonyl (C=O) groups excluding carboxylic acids is 2. The number of amides is 2. The van der Waals surface area contributed by atoms with Gasteiger partial charge in [-0.2, -0.15) is 0 Å². The minimum atomic E-state index is -0.952. The van der Waals surface area contributed by atoms with E-state index in [1.807, 2.05) is 6.08 Å². The number of aliphatic carboxylic acids is 1. The van der Waals surface area contributed by atoms with Gasteiger partial charge in [0.05, 0.1) is 11.8 Å². The van der Waals surface area contributed by atoms with Crippen molar-refractivity contribution in [2.24, 2.45) is 11.8 Å². The smallest absolute Gasteiger partial charge is 0.307 e. The molecule has 0 saturated carbocycles. The van der Waals surface area contributed by atoms with E-state index in [0.717, 1.165) is 0 Å². The summed E-state index contributed by atoms with van der Waals surface area (Å²) in [6, 6.07) is 6.74. The van der Waals surface area contributed by atoms with Crippen LogP contribution in [0.1, 0.15) is 26.2 Å². The number of hydrogen-bond acceptors (Lipinski definition) is 3. The van der Waals surface area contributed by atoms with Crippen LogP contribution in [-0.4, -0.2) is 22.9 Å². The second-order valence-corrected chi connectivity index (χ2v) is 5.46. The Morgan fingerprint density at radius 3 is 2.04 bits per heavy atom. The van der Waals surface area contributed by atoms with Crippen LogP contribution in [-0.2, 0) is 14.4 Å². The number of carboxylic acids is 1. The molecule has 6 nitrogen and oxygen atoms in total. The monoisotopic (exact) mass is 316 g/mol. The van der Waals surface area contributed by atoms with Gasteiger partial charge >= 0.3 is 5.97 Å². The Balaban J connectivity index is 2.00. The van der Waals surface area contributed by atoms with Crippen LogP contribution >= 0.6 is 0 Å². The van der Waals surface area contributed by atoms with Crippen molar-refractivity contribution in [3.63, 3.8) is 0 Å². The first-order valence-electron chi connectivity index (χ1n) is 7.60. The topological polar surface area (TPSA) is 95.5 Å². The van der Waals surface area contributed by atoms with Crippen molar-refractivity contribution in [1.82, 2.24) is 0 Å². The van der Waals surface area contributed by atoms with Crippen molar-refractivity contribution in [3.05, 3.63) is 36.4 Å². The van der Waals surface area contributed by atoms with Crippen LogP contribution in [0.5, 0.6) is 0 Å². The fraction of sp³-hybridized carbons (Fsp3) is 0.353. The van der Waals surface area contributed by atoms with Crippen LogP contribution in [0.25, 0.3) is 0 Å². The average molecular weight is 316 g/mol. The highest BCUT2D eigenvalue weighted by Gasteiger charge is 2.33. The Morgan fingerprint density at radius 2 is 1.52 bits per heavy atom. The third-order valence-corrected chi connectivity index (χ3v) is 3.84. The number of rotatable bonds is 5. The molecule has 0 aliphatic heterocycles. The Kier molecular flexibility index (Phi) is 5.51. The molecule has 122 valence electrons. The number of nitrogens with one attached hydrogen (secondary N) is 2. The molecule has 2 atom stereocenters. The zero-order valence-corrected chi connectivity index (χ0v) is 12.9. The van der Waals surface area contributed by atoms with Gasteiger partial charge in [0.2, 0.25) is 11.8 Å². The first kappa shape index (κ1) is 16.7. The van der Waals surface area contributed by atoms with Gasteiger partial charge in [-0.05, 0) is 37.1 Å². The Morgan fingerprint density at radius 1 is 1.00 bits per heavy atom. The molecule has 1 aliphatic rings. The number of hydrogen-bond donors (Lipinski definition) is 3. The maximum atomic E-state index is 12.3. The largest absolute Gasteiger partial charge is 0.481 e. The molecular formula is C17H20N2O4. The predicted octanol–water partition coefficient (Wildman–Crippen LogP) is 2.64. The summed E-state index contributed by atoms with van der Waals surface area (Å²) in [6.45, 7) is 1.77. The number of anilines is 2. The molecule has 0 radical (unpaired) electrons. The standard InChI is InChI=1S/C17H20N2O4/c1-2-15(20)18-11-7-9-12(10-8-11)19-16(21)13-5-3-4-6-14(13)17(22)23/h3-4,7-10,13-14H,2,5-6H2,1H3,(H,18,20)(H,19,21)(H,22,23). The lowest BCUT2D eigenvalue weighted by molar-refractivity contribution is -0.146. The van der Waals surface area contributed by atoms with E-state index in [-0.39, 0.29) is 11.8 Å². The summed E-state index contributed by atoms with van der Waals surface area (Å²) in [4.78, 5) is 34.9. The second kappa shape index (κ2) is 7.58. The number of carbonyl (C=O) groups is 3. The summed E-state index contributed by atoms with van der Waals surface area (Å²) in [7, 11) is 0. The third kappa shape index (κ3) is 4.42. The average Bonchev–Trinajstić information content (AvgIpc) is 2.56. The van der Waals surface area contributed by atoms with Gasteiger partial charge in [-0.25, -0.2) is 0 Å². The molecule has 0 heterocycles. The van der Waals surface area contributed by atoms with Crippen molar-refractivity contribution >= 4 is 29.2 Å². The Bertz CT molecular complexity index is 622. The summed E-state index contributed by atoms with van der Waals surface area (Å²) in [5.41, 5.74) is 1.22. The van der Waals surface area contributed by atoms with Crippen LogP contribution in [0.3, 0.4) is 0 Å². The number of allylic oxidation sites excluding steroid dienone is 2. The van der Waals surface area contributed by atoms with E-state index in [2.05, 4.69) is 10.6 Å². The molecule has 2 amide bonds. The normalized spacial score (nSPS) is 19.9. The van der Waals surface area contributed by atoms with E-state index in [9.17, 15) is 19.5 Å². The molecule has 0 saturated heterocycles. The van der Waals surface area contributed by atoms with E-state index in [0.29, 0.717) is 30.6 Å². The van der Waals surface area contributed by atoms with Gasteiger partial charge in [0.15, 0.2) is 0 Å². The van der Waals surface area contributed by atoms with Crippen LogP contribution in [0.2, 0.25) is 0 Å². The molecule has 0 fully saturated rings. The van der Waals surface area contributed by atoms with Crippen molar-refractivity contribution in [1.29, 1.82) is 0 Å². The van der Waals surface area contributed by atoms with Gasteiger partial charge in [0.1, 0.15) is 0 Å². The minimum Gasteiger partial charge on any atom is -0.481 e. The summed E-state index contributed by atoms with van der Waals surface area (Å²) >= 11 is 0. The molecule has 1 aromatic carbocycles. The third-order valence-electron chi connectivity index (χ3n) is 3.84. The zero-order valence-electron chi connectivity index (χ0n) is 12.9. The van der Waals surface area contributed by atoms with Crippen LogP contribution in [0.4, 0.5) is 11.4 Å². The van der Waals surface area contributed by atoms with Crippen LogP contribution in [0.15, 0.2) is 36.4 Å². The van der Waals surface area contributed by atoms with E-state index in [4.69, 9.17) is 0 Å². The minimum absolute atomic E-state index is 0.0833. The zero-order chi connectivity index (χ0) is 16.8. The van der Waals surface area contributed by atoms with Crippen molar-refractivity contribution in [2.75, 3.05) is 10.6 Å².